The van der Waals surface area contributed by atoms with Crippen LogP contribution in [-0.4, -0.2) is 71.4 Å². The molecule has 3 unspecified atom stereocenters. The highest BCUT2D eigenvalue weighted by atomic mass is 19.1. The Morgan fingerprint density at radius 2 is 1.86 bits per heavy atom. The second-order valence-electron chi connectivity index (χ2n) is 9.69. The summed E-state index contributed by atoms with van der Waals surface area (Å²) in [5.74, 6) is -0.628. The van der Waals surface area contributed by atoms with E-state index in [1.807, 2.05) is 15.9 Å². The third-order valence-corrected chi connectivity index (χ3v) is 7.41. The first-order valence-electron chi connectivity index (χ1n) is 12.3. The number of aliphatic hydroxyl groups excluding tert-OH is 1. The number of rotatable bonds is 4. The number of carbonyl (C=O) groups excluding carboxylic acids is 2. The summed E-state index contributed by atoms with van der Waals surface area (Å²) in [5, 5.41) is 12.5. The third-order valence-electron chi connectivity index (χ3n) is 7.41. The lowest BCUT2D eigenvalue weighted by Gasteiger charge is -2.39. The maximum absolute atomic E-state index is 15.1. The number of aliphatic hydroxyl groups is 1. The molecule has 3 aliphatic rings. The number of aromatic nitrogens is 1. The molecule has 186 valence electrons. The molecule has 8 nitrogen and oxygen atoms in total. The van der Waals surface area contributed by atoms with Crippen molar-refractivity contribution in [1.82, 2.24) is 15.2 Å². The molecule has 2 N–H and O–H groups in total. The number of carbonyl (C=O) groups is 2. The maximum atomic E-state index is 15.1. The minimum absolute atomic E-state index is 0.0563. The van der Waals surface area contributed by atoms with E-state index in [4.69, 9.17) is 4.74 Å². The molecular formula is C26H31FN4O4. The fourth-order valence-electron chi connectivity index (χ4n) is 5.67. The van der Waals surface area contributed by atoms with Crippen molar-refractivity contribution in [2.45, 2.75) is 62.8 Å². The summed E-state index contributed by atoms with van der Waals surface area (Å²) in [5.41, 5.74) is 2.17. The van der Waals surface area contributed by atoms with Crippen molar-refractivity contribution < 1.29 is 23.8 Å². The van der Waals surface area contributed by atoms with E-state index in [2.05, 4.69) is 10.3 Å². The van der Waals surface area contributed by atoms with Crippen LogP contribution in [-0.2, 0) is 4.74 Å². The van der Waals surface area contributed by atoms with Crippen molar-refractivity contribution in [3.63, 3.8) is 0 Å². The molecular weight excluding hydrogens is 451 g/mol. The molecule has 3 fully saturated rings. The summed E-state index contributed by atoms with van der Waals surface area (Å²) in [6.45, 7) is 1.13. The van der Waals surface area contributed by atoms with Gasteiger partial charge in [-0.1, -0.05) is 12.1 Å². The van der Waals surface area contributed by atoms with Crippen molar-refractivity contribution in [3.05, 3.63) is 48.0 Å². The van der Waals surface area contributed by atoms with Crippen molar-refractivity contribution in [2.24, 2.45) is 0 Å². The molecule has 3 atom stereocenters. The first-order valence-corrected chi connectivity index (χ1v) is 12.3. The van der Waals surface area contributed by atoms with E-state index < -0.39 is 0 Å². The fourth-order valence-corrected chi connectivity index (χ4v) is 5.67. The van der Waals surface area contributed by atoms with Gasteiger partial charge in [0.15, 0.2) is 0 Å². The van der Waals surface area contributed by atoms with E-state index in [1.165, 1.54) is 6.07 Å². The molecule has 0 spiro atoms. The molecule has 0 aliphatic carbocycles. The van der Waals surface area contributed by atoms with Crippen LogP contribution in [0.15, 0.2) is 36.5 Å². The van der Waals surface area contributed by atoms with Gasteiger partial charge in [-0.05, 0) is 62.3 Å². The number of anilines is 1. The van der Waals surface area contributed by atoms with Gasteiger partial charge >= 0.3 is 6.09 Å². The molecule has 2 amide bonds. The Labute approximate surface area is 204 Å². The first-order chi connectivity index (χ1) is 16.9. The summed E-state index contributed by atoms with van der Waals surface area (Å²) >= 11 is 0. The van der Waals surface area contributed by atoms with Crippen molar-refractivity contribution in [1.29, 1.82) is 0 Å². The second-order valence-corrected chi connectivity index (χ2v) is 9.69. The number of ether oxygens (including phenoxy) is 1. The molecule has 1 aromatic heterocycles. The van der Waals surface area contributed by atoms with Crippen LogP contribution in [0, 0.1) is 5.82 Å². The third kappa shape index (κ3) is 4.82. The van der Waals surface area contributed by atoms with Crippen LogP contribution in [0.2, 0.25) is 0 Å². The van der Waals surface area contributed by atoms with Gasteiger partial charge in [-0.2, -0.15) is 0 Å². The minimum atomic E-state index is -0.354. The fraction of sp³-hybridized carbons (Fsp3) is 0.500. The van der Waals surface area contributed by atoms with Crippen molar-refractivity contribution in [3.8, 4) is 11.1 Å². The number of pyridine rings is 1. The Bertz CT molecular complexity index is 1080. The van der Waals surface area contributed by atoms with Gasteiger partial charge in [0.05, 0.1) is 18.3 Å². The number of amides is 2. The lowest BCUT2D eigenvalue weighted by Crippen LogP contribution is -2.50. The quantitative estimate of drug-likeness (QED) is 0.694. The number of benzene rings is 1. The average molecular weight is 483 g/mol. The normalized spacial score (nSPS) is 25.9. The number of hydrogen-bond acceptors (Lipinski definition) is 6. The van der Waals surface area contributed by atoms with Gasteiger partial charge < -0.3 is 25.0 Å². The number of fused-ring (bicyclic) bond motifs is 2. The SMILES string of the molecule is CNC(=O)c1ccc(-c2ccc(N3CCCC(OC(=O)N4C5CCC4CC(O)C5)C3)c(F)c2)cn1. The summed E-state index contributed by atoms with van der Waals surface area (Å²) in [4.78, 5) is 32.5. The van der Waals surface area contributed by atoms with Crippen molar-refractivity contribution >= 4 is 17.7 Å². The van der Waals surface area contributed by atoms with Crippen LogP contribution in [0.25, 0.3) is 11.1 Å². The van der Waals surface area contributed by atoms with Crippen molar-refractivity contribution in [2.75, 3.05) is 25.0 Å². The molecule has 4 heterocycles. The highest BCUT2D eigenvalue weighted by Crippen LogP contribution is 2.37. The van der Waals surface area contributed by atoms with Crippen LogP contribution < -0.4 is 10.2 Å². The van der Waals surface area contributed by atoms with E-state index in [9.17, 15) is 14.7 Å². The summed E-state index contributed by atoms with van der Waals surface area (Å²) < 4.78 is 21.0. The van der Waals surface area contributed by atoms with Crippen LogP contribution in [0.5, 0.6) is 0 Å². The summed E-state index contributed by atoms with van der Waals surface area (Å²) in [7, 11) is 1.54. The zero-order valence-electron chi connectivity index (χ0n) is 19.8. The highest BCUT2D eigenvalue weighted by molar-refractivity contribution is 5.92. The molecule has 5 rings (SSSR count). The zero-order chi connectivity index (χ0) is 24.5. The standard InChI is InChI=1S/C26H31FN4O4/c1-28-25(33)23-8-4-17(14-29-23)16-5-9-24(22(27)11-16)30-10-2-3-21(15-30)35-26(34)31-18-6-7-19(31)13-20(32)12-18/h4-5,8-9,11,14,18-21,32H,2-3,6-7,10,12-13,15H2,1H3,(H,28,33). The van der Waals surface area contributed by atoms with Crippen LogP contribution in [0.1, 0.15) is 49.0 Å². The molecule has 2 aromatic rings. The van der Waals surface area contributed by atoms with Gasteiger partial charge in [0.1, 0.15) is 17.6 Å². The van der Waals surface area contributed by atoms with Gasteiger partial charge in [0.25, 0.3) is 5.91 Å². The highest BCUT2D eigenvalue weighted by Gasteiger charge is 2.44. The molecule has 0 radical (unpaired) electrons. The first kappa shape index (κ1) is 23.5. The van der Waals surface area contributed by atoms with E-state index in [1.54, 1.807) is 31.4 Å². The average Bonchev–Trinajstić information content (AvgIpc) is 3.14. The Morgan fingerprint density at radius 3 is 2.51 bits per heavy atom. The molecule has 0 saturated carbocycles. The second kappa shape index (κ2) is 9.81. The van der Waals surface area contributed by atoms with Gasteiger partial charge in [0, 0.05) is 37.4 Å². The number of nitrogens with one attached hydrogen (secondary N) is 1. The predicted molar refractivity (Wildman–Crippen MR) is 129 cm³/mol. The van der Waals surface area contributed by atoms with E-state index in [-0.39, 0.29) is 42.1 Å². The number of nitrogens with zero attached hydrogens (tertiary/aromatic N) is 3. The number of hydrogen-bond donors (Lipinski definition) is 2. The van der Waals surface area contributed by atoms with E-state index in [0.29, 0.717) is 42.9 Å². The molecule has 35 heavy (non-hydrogen) atoms. The molecule has 1 aromatic carbocycles. The van der Waals surface area contributed by atoms with Crippen LogP contribution in [0.4, 0.5) is 14.9 Å². The topological polar surface area (TPSA) is 95.0 Å². The lowest BCUT2D eigenvalue weighted by atomic mass is 10.0. The van der Waals surface area contributed by atoms with Gasteiger partial charge in [-0.25, -0.2) is 9.18 Å². The zero-order valence-corrected chi connectivity index (χ0v) is 19.8. The Hall–Kier alpha value is -3.20. The number of halogens is 1. The van der Waals surface area contributed by atoms with Crippen LogP contribution >= 0.6 is 0 Å². The largest absolute Gasteiger partial charge is 0.444 e. The van der Waals surface area contributed by atoms with E-state index in [0.717, 1.165) is 31.2 Å². The minimum Gasteiger partial charge on any atom is -0.444 e. The molecule has 9 heteroatoms. The summed E-state index contributed by atoms with van der Waals surface area (Å²) in [6, 6.07) is 8.52. The molecule has 3 aliphatic heterocycles. The lowest BCUT2D eigenvalue weighted by molar-refractivity contribution is 0.00639. The maximum Gasteiger partial charge on any atom is 0.410 e. The monoisotopic (exact) mass is 482 g/mol. The van der Waals surface area contributed by atoms with Crippen LogP contribution in [0.3, 0.4) is 0 Å². The molecule has 3 saturated heterocycles. The van der Waals surface area contributed by atoms with E-state index >= 15 is 4.39 Å². The Balaban J connectivity index is 1.24. The Kier molecular flexibility index (Phi) is 6.60. The predicted octanol–water partition coefficient (Wildman–Crippen LogP) is 3.34. The number of piperidine rings is 2. The van der Waals surface area contributed by atoms with Gasteiger partial charge in [-0.3, -0.25) is 9.78 Å². The van der Waals surface area contributed by atoms with Gasteiger partial charge in [-0.15, -0.1) is 0 Å². The smallest absolute Gasteiger partial charge is 0.410 e. The van der Waals surface area contributed by atoms with Gasteiger partial charge in [0.2, 0.25) is 0 Å². The molecule has 2 bridgehead atoms. The summed E-state index contributed by atoms with van der Waals surface area (Å²) in [6.07, 6.45) is 5.22. The Morgan fingerprint density at radius 1 is 1.11 bits per heavy atom.